The maximum atomic E-state index is 12.7. The summed E-state index contributed by atoms with van der Waals surface area (Å²) in [5.41, 5.74) is 13.6. The standard InChI is InChI=1S/C34H30N6O2/c1-21-10-11-23(19-30(21)41)20-31(42)37-22(2)24-12-14-26(15-13-24)40-33(27-9-6-18-36-32(27)35)39-29-17-16-28(38-34(29)40)25-7-4-3-5-8-25/h3-19,22,41H,20H2,1-2H3,(H2,35,36)(H,37,42). The van der Waals surface area contributed by atoms with Crippen molar-refractivity contribution in [3.8, 4) is 34.1 Å². The molecule has 42 heavy (non-hydrogen) atoms. The van der Waals surface area contributed by atoms with E-state index in [1.165, 1.54) is 0 Å². The van der Waals surface area contributed by atoms with Crippen LogP contribution in [0.4, 0.5) is 5.82 Å². The van der Waals surface area contributed by atoms with Crippen molar-refractivity contribution in [3.63, 3.8) is 0 Å². The molecule has 0 saturated carbocycles. The molecule has 6 aromatic rings. The number of nitrogens with two attached hydrogens (primary N) is 1. The number of pyridine rings is 2. The topological polar surface area (TPSA) is 119 Å². The molecule has 0 aliphatic carbocycles. The number of amides is 1. The van der Waals surface area contributed by atoms with Crippen LogP contribution in [0.15, 0.2) is 103 Å². The minimum Gasteiger partial charge on any atom is -0.508 e. The Hall–Kier alpha value is -5.50. The summed E-state index contributed by atoms with van der Waals surface area (Å²) in [7, 11) is 0. The second-order valence-corrected chi connectivity index (χ2v) is 10.3. The molecule has 0 saturated heterocycles. The minimum atomic E-state index is -0.221. The zero-order valence-corrected chi connectivity index (χ0v) is 23.3. The number of aromatic nitrogens is 4. The highest BCUT2D eigenvalue weighted by Gasteiger charge is 2.19. The summed E-state index contributed by atoms with van der Waals surface area (Å²) >= 11 is 0. The summed E-state index contributed by atoms with van der Waals surface area (Å²) < 4.78 is 1.99. The van der Waals surface area contributed by atoms with Crippen LogP contribution in [0.25, 0.3) is 39.5 Å². The summed E-state index contributed by atoms with van der Waals surface area (Å²) in [4.78, 5) is 26.9. The zero-order chi connectivity index (χ0) is 29.2. The molecule has 8 heteroatoms. The van der Waals surface area contributed by atoms with Gasteiger partial charge in [-0.3, -0.25) is 9.36 Å². The van der Waals surface area contributed by atoms with Gasteiger partial charge in [-0.1, -0.05) is 54.6 Å². The molecule has 3 aromatic heterocycles. The van der Waals surface area contributed by atoms with Gasteiger partial charge in [-0.2, -0.15) is 0 Å². The van der Waals surface area contributed by atoms with Gasteiger partial charge in [0.05, 0.1) is 23.7 Å². The van der Waals surface area contributed by atoms with E-state index in [1.807, 2.05) is 109 Å². The Morgan fingerprint density at radius 1 is 0.952 bits per heavy atom. The summed E-state index contributed by atoms with van der Waals surface area (Å²) in [5, 5.41) is 13.0. The van der Waals surface area contributed by atoms with Gasteiger partial charge in [0.25, 0.3) is 0 Å². The predicted octanol–water partition coefficient (Wildman–Crippen LogP) is 6.17. The molecule has 0 aliphatic rings. The molecule has 208 valence electrons. The third-order valence-electron chi connectivity index (χ3n) is 7.32. The number of anilines is 1. The van der Waals surface area contributed by atoms with Crippen molar-refractivity contribution < 1.29 is 9.90 Å². The molecule has 6 rings (SSSR count). The molecule has 0 aliphatic heterocycles. The lowest BCUT2D eigenvalue weighted by atomic mass is 10.1. The van der Waals surface area contributed by atoms with Crippen molar-refractivity contribution in [2.45, 2.75) is 26.3 Å². The fraction of sp³-hybridized carbons (Fsp3) is 0.118. The predicted molar refractivity (Wildman–Crippen MR) is 165 cm³/mol. The Morgan fingerprint density at radius 2 is 1.74 bits per heavy atom. The van der Waals surface area contributed by atoms with E-state index in [2.05, 4.69) is 10.3 Å². The number of phenolic OH excluding ortho intramolecular Hbond substituents is 1. The van der Waals surface area contributed by atoms with E-state index in [4.69, 9.17) is 15.7 Å². The fourth-order valence-electron chi connectivity index (χ4n) is 5.00. The van der Waals surface area contributed by atoms with E-state index >= 15 is 0 Å². The van der Waals surface area contributed by atoms with Crippen LogP contribution in [0.2, 0.25) is 0 Å². The van der Waals surface area contributed by atoms with E-state index in [0.29, 0.717) is 22.9 Å². The smallest absolute Gasteiger partial charge is 0.224 e. The van der Waals surface area contributed by atoms with Crippen LogP contribution in [0.1, 0.15) is 29.7 Å². The number of aromatic hydroxyl groups is 1. The van der Waals surface area contributed by atoms with Crippen molar-refractivity contribution in [3.05, 3.63) is 120 Å². The second kappa shape index (κ2) is 11.2. The monoisotopic (exact) mass is 554 g/mol. The number of nitrogens with zero attached hydrogens (tertiary/aromatic N) is 4. The first-order valence-electron chi connectivity index (χ1n) is 13.7. The molecule has 4 N–H and O–H groups in total. The number of hydrogen-bond acceptors (Lipinski definition) is 6. The number of nitrogen functional groups attached to an aromatic ring is 1. The second-order valence-electron chi connectivity index (χ2n) is 10.3. The van der Waals surface area contributed by atoms with Crippen molar-refractivity contribution in [1.29, 1.82) is 0 Å². The van der Waals surface area contributed by atoms with Gasteiger partial charge in [-0.05, 0) is 73.0 Å². The Kier molecular flexibility index (Phi) is 7.10. The van der Waals surface area contributed by atoms with Crippen molar-refractivity contribution in [1.82, 2.24) is 24.8 Å². The quantitative estimate of drug-likeness (QED) is 0.217. The summed E-state index contributed by atoms with van der Waals surface area (Å²) in [6.07, 6.45) is 1.84. The van der Waals surface area contributed by atoms with Gasteiger partial charge in [-0.15, -0.1) is 0 Å². The van der Waals surface area contributed by atoms with Crippen molar-refractivity contribution in [2.75, 3.05) is 5.73 Å². The van der Waals surface area contributed by atoms with Crippen LogP contribution in [0, 0.1) is 6.92 Å². The molecular weight excluding hydrogens is 524 g/mol. The maximum absolute atomic E-state index is 12.7. The van der Waals surface area contributed by atoms with Crippen LogP contribution in [-0.4, -0.2) is 30.5 Å². The molecule has 1 unspecified atom stereocenters. The average Bonchev–Trinajstić information content (AvgIpc) is 3.38. The van der Waals surface area contributed by atoms with Gasteiger partial charge in [0.15, 0.2) is 11.5 Å². The maximum Gasteiger partial charge on any atom is 0.224 e. The van der Waals surface area contributed by atoms with E-state index in [-0.39, 0.29) is 24.1 Å². The van der Waals surface area contributed by atoms with Crippen LogP contribution < -0.4 is 11.1 Å². The highest BCUT2D eigenvalue weighted by Crippen LogP contribution is 2.32. The Bertz CT molecular complexity index is 1900. The fourth-order valence-corrected chi connectivity index (χ4v) is 5.00. The molecule has 0 bridgehead atoms. The average molecular weight is 555 g/mol. The highest BCUT2D eigenvalue weighted by atomic mass is 16.3. The SMILES string of the molecule is Cc1ccc(CC(=O)NC(C)c2ccc(-n3c(-c4cccnc4N)nc4ccc(-c5ccccc5)nc43)cc2)cc1O. The summed E-state index contributed by atoms with van der Waals surface area (Å²) in [5.74, 6) is 1.09. The van der Waals surface area contributed by atoms with E-state index in [9.17, 15) is 9.90 Å². The van der Waals surface area contributed by atoms with Crippen LogP contribution >= 0.6 is 0 Å². The van der Waals surface area contributed by atoms with Crippen molar-refractivity contribution in [2.24, 2.45) is 0 Å². The molecule has 1 amide bonds. The third-order valence-corrected chi connectivity index (χ3v) is 7.32. The summed E-state index contributed by atoms with van der Waals surface area (Å²) in [6, 6.07) is 30.7. The van der Waals surface area contributed by atoms with Gasteiger partial charge in [0.1, 0.15) is 17.1 Å². The van der Waals surface area contributed by atoms with Crippen LogP contribution in [0.5, 0.6) is 5.75 Å². The molecule has 0 radical (unpaired) electrons. The molecule has 0 spiro atoms. The zero-order valence-electron chi connectivity index (χ0n) is 23.3. The first kappa shape index (κ1) is 26.7. The van der Waals surface area contributed by atoms with Gasteiger partial charge < -0.3 is 16.2 Å². The number of aryl methyl sites for hydroxylation is 1. The van der Waals surface area contributed by atoms with Gasteiger partial charge >= 0.3 is 0 Å². The number of fused-ring (bicyclic) bond motifs is 1. The van der Waals surface area contributed by atoms with E-state index in [1.54, 1.807) is 12.3 Å². The number of imidazole rings is 1. The lowest BCUT2D eigenvalue weighted by molar-refractivity contribution is -0.121. The van der Waals surface area contributed by atoms with Crippen LogP contribution in [-0.2, 0) is 11.2 Å². The molecule has 3 aromatic carbocycles. The summed E-state index contributed by atoms with van der Waals surface area (Å²) in [6.45, 7) is 3.77. The Labute approximate surface area is 243 Å². The van der Waals surface area contributed by atoms with Crippen LogP contribution in [0.3, 0.4) is 0 Å². The lowest BCUT2D eigenvalue weighted by Crippen LogP contribution is -2.28. The van der Waals surface area contributed by atoms with Gasteiger partial charge in [-0.25, -0.2) is 15.0 Å². The minimum absolute atomic E-state index is 0.123. The normalized spacial score (nSPS) is 11.9. The molecular formula is C34H30N6O2. The Balaban J connectivity index is 1.33. The lowest BCUT2D eigenvalue weighted by Gasteiger charge is -2.16. The Morgan fingerprint density at radius 3 is 2.48 bits per heavy atom. The number of phenols is 1. The van der Waals surface area contributed by atoms with Gasteiger partial charge in [0, 0.05) is 17.4 Å². The van der Waals surface area contributed by atoms with Crippen molar-refractivity contribution >= 4 is 22.9 Å². The molecule has 3 heterocycles. The largest absolute Gasteiger partial charge is 0.508 e. The van der Waals surface area contributed by atoms with E-state index < -0.39 is 0 Å². The highest BCUT2D eigenvalue weighted by molar-refractivity contribution is 5.84. The number of nitrogens with one attached hydrogen (secondary N) is 1. The third kappa shape index (κ3) is 5.30. The number of carbonyl (C=O) groups excluding carboxylic acids is 1. The molecule has 0 fully saturated rings. The number of benzene rings is 3. The first-order valence-corrected chi connectivity index (χ1v) is 13.7. The number of hydrogen-bond donors (Lipinski definition) is 3. The number of carbonyl (C=O) groups is 1. The molecule has 1 atom stereocenters. The first-order chi connectivity index (χ1) is 20.4. The molecule has 8 nitrogen and oxygen atoms in total. The van der Waals surface area contributed by atoms with Gasteiger partial charge in [0.2, 0.25) is 5.91 Å². The van der Waals surface area contributed by atoms with E-state index in [0.717, 1.165) is 39.2 Å². The number of rotatable bonds is 7.